The lowest BCUT2D eigenvalue weighted by atomic mass is 10.1. The summed E-state index contributed by atoms with van der Waals surface area (Å²) < 4.78 is 0. The van der Waals surface area contributed by atoms with Crippen molar-refractivity contribution < 1.29 is 4.79 Å². The molecule has 1 heterocycles. The number of hydrogen-bond acceptors (Lipinski definition) is 3. The molecule has 23 heavy (non-hydrogen) atoms. The van der Waals surface area contributed by atoms with Crippen molar-refractivity contribution in [2.45, 2.75) is 38.1 Å². The summed E-state index contributed by atoms with van der Waals surface area (Å²) in [5.74, 6) is -0.0662. The van der Waals surface area contributed by atoms with E-state index >= 15 is 0 Å². The second-order valence-electron chi connectivity index (χ2n) is 6.08. The third kappa shape index (κ3) is 4.55. The zero-order valence-corrected chi connectivity index (χ0v) is 13.3. The lowest BCUT2D eigenvalue weighted by Gasteiger charge is -2.13. The van der Waals surface area contributed by atoms with Crippen LogP contribution in [0.4, 0.5) is 5.69 Å². The molecule has 1 aromatic carbocycles. The van der Waals surface area contributed by atoms with Crippen molar-refractivity contribution in [3.05, 3.63) is 59.9 Å². The predicted octanol–water partition coefficient (Wildman–Crippen LogP) is 3.41. The Morgan fingerprint density at radius 2 is 1.91 bits per heavy atom. The summed E-state index contributed by atoms with van der Waals surface area (Å²) in [6.07, 6.45) is 9.22. The van der Waals surface area contributed by atoms with Crippen molar-refractivity contribution >= 4 is 11.6 Å². The van der Waals surface area contributed by atoms with E-state index in [1.165, 1.54) is 31.2 Å². The van der Waals surface area contributed by atoms with Gasteiger partial charge >= 0.3 is 0 Å². The minimum Gasteiger partial charge on any atom is -0.381 e. The van der Waals surface area contributed by atoms with Gasteiger partial charge in [-0.05, 0) is 30.9 Å². The van der Waals surface area contributed by atoms with E-state index in [0.717, 1.165) is 12.1 Å². The molecule has 4 heteroatoms. The first-order chi connectivity index (χ1) is 11.3. The SMILES string of the molecule is O=C(NCCc1ccccc1)c1cncc(NC2CCCC2)c1. The molecule has 0 bridgehead atoms. The van der Waals surface area contributed by atoms with Gasteiger partial charge in [-0.2, -0.15) is 0 Å². The van der Waals surface area contributed by atoms with Crippen molar-refractivity contribution in [3.63, 3.8) is 0 Å². The molecular weight excluding hydrogens is 286 g/mol. The average Bonchev–Trinajstić information content (AvgIpc) is 3.09. The predicted molar refractivity (Wildman–Crippen MR) is 92.6 cm³/mol. The van der Waals surface area contributed by atoms with Gasteiger partial charge in [-0.3, -0.25) is 9.78 Å². The van der Waals surface area contributed by atoms with Gasteiger partial charge in [0.15, 0.2) is 0 Å². The lowest BCUT2D eigenvalue weighted by molar-refractivity contribution is 0.0954. The number of hydrogen-bond donors (Lipinski definition) is 2. The summed E-state index contributed by atoms with van der Waals surface area (Å²) in [5, 5.41) is 6.44. The van der Waals surface area contributed by atoms with Crippen LogP contribution in [0.2, 0.25) is 0 Å². The molecule has 1 aliphatic carbocycles. The summed E-state index contributed by atoms with van der Waals surface area (Å²) in [6.45, 7) is 0.628. The van der Waals surface area contributed by atoms with Gasteiger partial charge in [0.2, 0.25) is 0 Å². The van der Waals surface area contributed by atoms with E-state index in [9.17, 15) is 4.79 Å². The molecule has 4 nitrogen and oxygen atoms in total. The molecule has 0 saturated heterocycles. The molecule has 2 N–H and O–H groups in total. The first-order valence-electron chi connectivity index (χ1n) is 8.35. The van der Waals surface area contributed by atoms with Gasteiger partial charge in [0.25, 0.3) is 5.91 Å². The number of carbonyl (C=O) groups is 1. The highest BCUT2D eigenvalue weighted by Gasteiger charge is 2.15. The van der Waals surface area contributed by atoms with Crippen molar-refractivity contribution in [1.29, 1.82) is 0 Å². The minimum absolute atomic E-state index is 0.0662. The van der Waals surface area contributed by atoms with Crippen molar-refractivity contribution in [3.8, 4) is 0 Å². The molecule has 1 saturated carbocycles. The number of pyridine rings is 1. The topological polar surface area (TPSA) is 54.0 Å². The third-order valence-electron chi connectivity index (χ3n) is 4.27. The van der Waals surface area contributed by atoms with Crippen LogP contribution in [0.5, 0.6) is 0 Å². The second-order valence-corrected chi connectivity index (χ2v) is 6.08. The minimum atomic E-state index is -0.0662. The number of rotatable bonds is 6. The van der Waals surface area contributed by atoms with Crippen LogP contribution in [0, 0.1) is 0 Å². The zero-order chi connectivity index (χ0) is 15.9. The maximum Gasteiger partial charge on any atom is 0.252 e. The Morgan fingerprint density at radius 1 is 1.13 bits per heavy atom. The third-order valence-corrected chi connectivity index (χ3v) is 4.27. The quantitative estimate of drug-likeness (QED) is 0.860. The molecule has 0 radical (unpaired) electrons. The van der Waals surface area contributed by atoms with E-state index in [4.69, 9.17) is 0 Å². The molecule has 1 amide bonds. The van der Waals surface area contributed by atoms with Crippen molar-refractivity contribution in [1.82, 2.24) is 10.3 Å². The molecule has 0 aliphatic heterocycles. The maximum atomic E-state index is 12.2. The number of aromatic nitrogens is 1. The summed E-state index contributed by atoms with van der Waals surface area (Å²) in [6, 6.07) is 12.6. The molecule has 0 atom stereocenters. The van der Waals surface area contributed by atoms with Crippen LogP contribution in [0.1, 0.15) is 41.6 Å². The van der Waals surface area contributed by atoms with Crippen LogP contribution in [0.15, 0.2) is 48.8 Å². The van der Waals surface area contributed by atoms with Gasteiger partial charge in [-0.1, -0.05) is 43.2 Å². The van der Waals surface area contributed by atoms with Crippen molar-refractivity contribution in [2.24, 2.45) is 0 Å². The Hall–Kier alpha value is -2.36. The Balaban J connectivity index is 1.52. The largest absolute Gasteiger partial charge is 0.381 e. The second kappa shape index (κ2) is 7.77. The summed E-state index contributed by atoms with van der Waals surface area (Å²) >= 11 is 0. The summed E-state index contributed by atoms with van der Waals surface area (Å²) in [7, 11) is 0. The number of carbonyl (C=O) groups excluding carboxylic acids is 1. The molecule has 0 unspecified atom stereocenters. The number of anilines is 1. The molecular formula is C19H23N3O. The molecule has 1 fully saturated rings. The van der Waals surface area contributed by atoms with Gasteiger partial charge in [0, 0.05) is 25.0 Å². The number of benzene rings is 1. The normalized spacial score (nSPS) is 14.6. The van der Waals surface area contributed by atoms with E-state index in [-0.39, 0.29) is 5.91 Å². The van der Waals surface area contributed by atoms with Gasteiger partial charge in [0.1, 0.15) is 0 Å². The lowest BCUT2D eigenvalue weighted by Crippen LogP contribution is -2.26. The van der Waals surface area contributed by atoms with Crippen LogP contribution in [-0.4, -0.2) is 23.5 Å². The van der Waals surface area contributed by atoms with Crippen LogP contribution in [0.25, 0.3) is 0 Å². The molecule has 0 spiro atoms. The highest BCUT2D eigenvalue weighted by atomic mass is 16.1. The average molecular weight is 309 g/mol. The van der Waals surface area contributed by atoms with Crippen LogP contribution >= 0.6 is 0 Å². The van der Waals surface area contributed by atoms with E-state index in [0.29, 0.717) is 18.2 Å². The van der Waals surface area contributed by atoms with Crippen LogP contribution in [0.3, 0.4) is 0 Å². The van der Waals surface area contributed by atoms with E-state index in [1.54, 1.807) is 12.4 Å². The van der Waals surface area contributed by atoms with E-state index < -0.39 is 0 Å². The molecule has 120 valence electrons. The molecule has 1 aromatic heterocycles. The van der Waals surface area contributed by atoms with Gasteiger partial charge in [0.05, 0.1) is 11.3 Å². The van der Waals surface area contributed by atoms with Crippen LogP contribution in [-0.2, 0) is 6.42 Å². The van der Waals surface area contributed by atoms with E-state index in [1.807, 2.05) is 24.3 Å². The number of amides is 1. The molecule has 1 aliphatic rings. The highest BCUT2D eigenvalue weighted by Crippen LogP contribution is 2.22. The monoisotopic (exact) mass is 309 g/mol. The Kier molecular flexibility index (Phi) is 5.25. The number of nitrogens with one attached hydrogen (secondary N) is 2. The number of nitrogens with zero attached hydrogens (tertiary/aromatic N) is 1. The fourth-order valence-electron chi connectivity index (χ4n) is 3.02. The standard InChI is InChI=1S/C19H23N3O/c23-19(21-11-10-15-6-2-1-3-7-15)16-12-18(14-20-13-16)22-17-8-4-5-9-17/h1-3,6-7,12-14,17,22H,4-5,8-11H2,(H,21,23). The van der Waals surface area contributed by atoms with Gasteiger partial charge in [-0.15, -0.1) is 0 Å². The van der Waals surface area contributed by atoms with Gasteiger partial charge in [-0.25, -0.2) is 0 Å². The zero-order valence-electron chi connectivity index (χ0n) is 13.3. The maximum absolute atomic E-state index is 12.2. The summed E-state index contributed by atoms with van der Waals surface area (Å²) in [5.41, 5.74) is 2.77. The van der Waals surface area contributed by atoms with Crippen molar-refractivity contribution in [2.75, 3.05) is 11.9 Å². The van der Waals surface area contributed by atoms with Crippen LogP contribution < -0.4 is 10.6 Å². The van der Waals surface area contributed by atoms with Gasteiger partial charge < -0.3 is 10.6 Å². The Bertz CT molecular complexity index is 636. The Morgan fingerprint density at radius 3 is 2.70 bits per heavy atom. The summed E-state index contributed by atoms with van der Waals surface area (Å²) in [4.78, 5) is 16.4. The Labute approximate surface area is 137 Å². The highest BCUT2D eigenvalue weighted by molar-refractivity contribution is 5.94. The first kappa shape index (κ1) is 15.5. The fourth-order valence-corrected chi connectivity index (χ4v) is 3.02. The molecule has 3 rings (SSSR count). The van der Waals surface area contributed by atoms with E-state index in [2.05, 4.69) is 27.8 Å². The first-order valence-corrected chi connectivity index (χ1v) is 8.35. The smallest absolute Gasteiger partial charge is 0.252 e. The fraction of sp³-hybridized carbons (Fsp3) is 0.368. The molecule has 2 aromatic rings.